The standard InChI is InChI=1S/C28H30F3NO5/c1-28(2)9-7-18-11-16(12-21(29)26(18)28)13-22(33)27-20-4-3-19(37-15-23(30)31)14-17(20)8-10-32(27)24(34)5-6-25(35)36/h3-4,11-12,14,23,27H,5-10,13,15H2,1-2H3,(H,35,36)/t27-/m1/s1. The van der Waals surface area contributed by atoms with E-state index in [0.717, 1.165) is 18.4 Å². The number of hydrogen-bond acceptors (Lipinski definition) is 4. The van der Waals surface area contributed by atoms with E-state index in [9.17, 15) is 23.2 Å². The van der Waals surface area contributed by atoms with Crippen molar-refractivity contribution < 1.29 is 37.4 Å². The number of aliphatic carboxylic acids is 1. The maximum Gasteiger partial charge on any atom is 0.303 e. The van der Waals surface area contributed by atoms with Crippen LogP contribution in [0.5, 0.6) is 5.75 Å². The summed E-state index contributed by atoms with van der Waals surface area (Å²) in [5, 5.41) is 9.01. The van der Waals surface area contributed by atoms with E-state index < -0.39 is 31.0 Å². The van der Waals surface area contributed by atoms with Gasteiger partial charge in [-0.3, -0.25) is 14.4 Å². The van der Waals surface area contributed by atoms with Crippen LogP contribution < -0.4 is 4.74 Å². The Hall–Kier alpha value is -3.36. The first kappa shape index (κ1) is 26.7. The number of amides is 1. The van der Waals surface area contributed by atoms with Crippen LogP contribution in [-0.4, -0.2) is 47.2 Å². The van der Waals surface area contributed by atoms with Gasteiger partial charge in [-0.05, 0) is 70.7 Å². The zero-order valence-electron chi connectivity index (χ0n) is 20.9. The average molecular weight is 518 g/mol. The summed E-state index contributed by atoms with van der Waals surface area (Å²) in [4.78, 5) is 39.0. The third-order valence-corrected chi connectivity index (χ3v) is 7.20. The number of ketones is 1. The molecule has 1 N–H and O–H groups in total. The second-order valence-electron chi connectivity index (χ2n) is 10.3. The van der Waals surface area contributed by atoms with E-state index in [1.165, 1.54) is 17.0 Å². The van der Waals surface area contributed by atoms with E-state index in [1.807, 2.05) is 19.9 Å². The minimum absolute atomic E-state index is 0.110. The van der Waals surface area contributed by atoms with Crippen molar-refractivity contribution in [2.75, 3.05) is 13.2 Å². The molecule has 37 heavy (non-hydrogen) atoms. The molecule has 6 nitrogen and oxygen atoms in total. The van der Waals surface area contributed by atoms with Crippen LogP contribution in [0, 0.1) is 5.82 Å². The van der Waals surface area contributed by atoms with Crippen molar-refractivity contribution >= 4 is 17.7 Å². The Kier molecular flexibility index (Phi) is 7.62. The molecule has 0 radical (unpaired) electrons. The van der Waals surface area contributed by atoms with Gasteiger partial charge in [-0.1, -0.05) is 26.0 Å². The summed E-state index contributed by atoms with van der Waals surface area (Å²) in [6, 6.07) is 6.89. The fourth-order valence-corrected chi connectivity index (χ4v) is 5.48. The molecule has 0 aromatic heterocycles. The van der Waals surface area contributed by atoms with Crippen molar-refractivity contribution in [3.63, 3.8) is 0 Å². The van der Waals surface area contributed by atoms with Crippen molar-refractivity contribution in [2.45, 2.75) is 70.3 Å². The van der Waals surface area contributed by atoms with Crippen LogP contribution in [0.15, 0.2) is 30.3 Å². The smallest absolute Gasteiger partial charge is 0.303 e. The summed E-state index contributed by atoms with van der Waals surface area (Å²) >= 11 is 0. The fourth-order valence-electron chi connectivity index (χ4n) is 5.48. The third-order valence-electron chi connectivity index (χ3n) is 7.20. The Morgan fingerprint density at radius 1 is 1.11 bits per heavy atom. The summed E-state index contributed by atoms with van der Waals surface area (Å²) < 4.78 is 45.3. The number of hydrogen-bond donors (Lipinski definition) is 1. The lowest BCUT2D eigenvalue weighted by Gasteiger charge is -2.37. The summed E-state index contributed by atoms with van der Waals surface area (Å²) in [5.74, 6) is -2.03. The van der Waals surface area contributed by atoms with Crippen LogP contribution in [0.25, 0.3) is 0 Å². The average Bonchev–Trinajstić information content (AvgIpc) is 3.14. The molecule has 4 rings (SSSR count). The van der Waals surface area contributed by atoms with Gasteiger partial charge in [0.15, 0.2) is 5.78 Å². The molecule has 0 fully saturated rings. The van der Waals surface area contributed by atoms with E-state index in [0.29, 0.717) is 28.7 Å². The van der Waals surface area contributed by atoms with Crippen LogP contribution in [0.4, 0.5) is 13.2 Å². The molecule has 1 heterocycles. The molecule has 2 aliphatic rings. The Morgan fingerprint density at radius 2 is 1.86 bits per heavy atom. The fraction of sp³-hybridized carbons (Fsp3) is 0.464. The normalized spacial score (nSPS) is 17.9. The highest BCUT2D eigenvalue weighted by atomic mass is 19.3. The van der Waals surface area contributed by atoms with Crippen molar-refractivity contribution in [3.8, 4) is 5.75 Å². The van der Waals surface area contributed by atoms with Gasteiger partial charge in [0, 0.05) is 19.4 Å². The number of carbonyl (C=O) groups is 3. The number of ether oxygens (including phenoxy) is 1. The van der Waals surface area contributed by atoms with Gasteiger partial charge in [-0.2, -0.15) is 0 Å². The zero-order valence-corrected chi connectivity index (χ0v) is 20.9. The van der Waals surface area contributed by atoms with Crippen LogP contribution in [0.1, 0.15) is 67.0 Å². The molecule has 2 aromatic rings. The number of benzene rings is 2. The monoisotopic (exact) mass is 517 g/mol. The number of halogens is 3. The summed E-state index contributed by atoms with van der Waals surface area (Å²) in [7, 11) is 0. The first-order valence-corrected chi connectivity index (χ1v) is 12.4. The first-order chi connectivity index (χ1) is 17.5. The second kappa shape index (κ2) is 10.6. The van der Waals surface area contributed by atoms with Crippen LogP contribution in [0.2, 0.25) is 0 Å². The van der Waals surface area contributed by atoms with Crippen molar-refractivity contribution in [1.29, 1.82) is 0 Å². The molecule has 0 spiro atoms. The molecule has 2 aromatic carbocycles. The quantitative estimate of drug-likeness (QED) is 0.517. The molecule has 198 valence electrons. The van der Waals surface area contributed by atoms with Crippen molar-refractivity contribution in [3.05, 3.63) is 64.0 Å². The molecule has 9 heteroatoms. The number of nitrogens with zero attached hydrogens (tertiary/aromatic N) is 1. The highest BCUT2D eigenvalue weighted by molar-refractivity contribution is 5.93. The highest BCUT2D eigenvalue weighted by Gasteiger charge is 2.37. The molecule has 0 saturated heterocycles. The molecule has 1 amide bonds. The minimum Gasteiger partial charge on any atom is -0.488 e. The van der Waals surface area contributed by atoms with Gasteiger partial charge in [0.05, 0.1) is 6.42 Å². The number of carboxylic acid groups (broad SMARTS) is 1. The SMILES string of the molecule is CC1(C)CCc2cc(CC(=O)[C@H]3c4ccc(OCC(F)F)cc4CCN3C(=O)CCC(=O)O)cc(F)c21. The van der Waals surface area contributed by atoms with Gasteiger partial charge < -0.3 is 14.7 Å². The second-order valence-corrected chi connectivity index (χ2v) is 10.3. The van der Waals surface area contributed by atoms with Gasteiger partial charge >= 0.3 is 5.97 Å². The number of rotatable bonds is 9. The number of aryl methyl sites for hydroxylation is 1. The maximum absolute atomic E-state index is 15.0. The van der Waals surface area contributed by atoms with Gasteiger partial charge in [-0.15, -0.1) is 0 Å². The molecule has 1 atom stereocenters. The van der Waals surface area contributed by atoms with Gasteiger partial charge in [0.2, 0.25) is 5.91 Å². The van der Waals surface area contributed by atoms with E-state index in [4.69, 9.17) is 9.84 Å². The number of alkyl halides is 2. The van der Waals surface area contributed by atoms with E-state index >= 15 is 4.39 Å². The van der Waals surface area contributed by atoms with Crippen LogP contribution in [0.3, 0.4) is 0 Å². The van der Waals surface area contributed by atoms with Crippen molar-refractivity contribution in [2.24, 2.45) is 0 Å². The van der Waals surface area contributed by atoms with E-state index in [1.54, 1.807) is 12.1 Å². The summed E-state index contributed by atoms with van der Waals surface area (Å²) in [6.07, 6.45) is -1.48. The molecular formula is C28H30F3NO5. The predicted octanol–water partition coefficient (Wildman–Crippen LogP) is 4.80. The van der Waals surface area contributed by atoms with Gasteiger partial charge in [0.25, 0.3) is 6.43 Å². The first-order valence-electron chi connectivity index (χ1n) is 12.4. The van der Waals surface area contributed by atoms with Crippen LogP contribution >= 0.6 is 0 Å². The molecule has 1 aliphatic heterocycles. The maximum atomic E-state index is 15.0. The van der Waals surface area contributed by atoms with Crippen molar-refractivity contribution in [1.82, 2.24) is 4.90 Å². The molecule has 0 saturated carbocycles. The van der Waals surface area contributed by atoms with Gasteiger partial charge in [-0.25, -0.2) is 13.2 Å². The Labute approximate surface area is 213 Å². The van der Waals surface area contributed by atoms with Crippen LogP contribution in [-0.2, 0) is 39.1 Å². The summed E-state index contributed by atoms with van der Waals surface area (Å²) in [6.45, 7) is 3.38. The van der Waals surface area contributed by atoms with Gasteiger partial charge in [0.1, 0.15) is 24.2 Å². The molecule has 1 aliphatic carbocycles. The largest absolute Gasteiger partial charge is 0.488 e. The van der Waals surface area contributed by atoms with E-state index in [-0.39, 0.29) is 48.6 Å². The predicted molar refractivity (Wildman–Crippen MR) is 129 cm³/mol. The molecular weight excluding hydrogens is 487 g/mol. The number of carbonyl (C=O) groups excluding carboxylic acids is 2. The topological polar surface area (TPSA) is 83.9 Å². The lowest BCUT2D eigenvalue weighted by molar-refractivity contribution is -0.144. The number of carboxylic acids is 1. The summed E-state index contributed by atoms with van der Waals surface area (Å²) in [5.41, 5.74) is 3.02. The highest BCUT2D eigenvalue weighted by Crippen LogP contribution is 2.41. The van der Waals surface area contributed by atoms with E-state index in [2.05, 4.69) is 0 Å². The zero-order chi connectivity index (χ0) is 26.9. The Balaban J connectivity index is 1.64. The Morgan fingerprint density at radius 3 is 2.57 bits per heavy atom. The lowest BCUT2D eigenvalue weighted by Crippen LogP contribution is -2.44. The Bertz CT molecular complexity index is 1230. The minimum atomic E-state index is -2.63. The third kappa shape index (κ3) is 5.81. The lowest BCUT2D eigenvalue weighted by atomic mass is 9.84. The number of fused-ring (bicyclic) bond motifs is 2. The number of Topliss-reactive ketones (excluding diaryl/α,β-unsaturated/α-hetero) is 1. The molecule has 0 bridgehead atoms. The molecule has 0 unspecified atom stereocenters.